The lowest BCUT2D eigenvalue weighted by Crippen LogP contribution is -1.96. The van der Waals surface area contributed by atoms with Crippen LogP contribution >= 0.6 is 0 Å². The van der Waals surface area contributed by atoms with E-state index in [1.165, 1.54) is 95.5 Å². The van der Waals surface area contributed by atoms with Gasteiger partial charge in [0.15, 0.2) is 0 Å². The van der Waals surface area contributed by atoms with E-state index in [0.29, 0.717) is 5.75 Å². The SMILES string of the molecule is CCCCCCCCCCCCCCCCc1cc(O)ccc1Nc1ccccc1. The fourth-order valence-electron chi connectivity index (χ4n) is 4.10. The molecule has 2 heteroatoms. The molecule has 2 N–H and O–H groups in total. The average molecular weight is 410 g/mol. The van der Waals surface area contributed by atoms with Crippen molar-refractivity contribution in [3.8, 4) is 5.75 Å². The van der Waals surface area contributed by atoms with Crippen LogP contribution in [0.2, 0.25) is 0 Å². The van der Waals surface area contributed by atoms with Crippen molar-refractivity contribution in [2.75, 3.05) is 5.32 Å². The summed E-state index contributed by atoms with van der Waals surface area (Å²) in [4.78, 5) is 0. The van der Waals surface area contributed by atoms with Gasteiger partial charge in [-0.05, 0) is 48.7 Å². The minimum absolute atomic E-state index is 0.356. The molecule has 0 fully saturated rings. The highest BCUT2D eigenvalue weighted by atomic mass is 16.3. The summed E-state index contributed by atoms with van der Waals surface area (Å²) in [6.45, 7) is 2.28. The zero-order valence-corrected chi connectivity index (χ0v) is 19.2. The molecule has 0 unspecified atom stereocenters. The molecular weight excluding hydrogens is 366 g/mol. The van der Waals surface area contributed by atoms with Crippen LogP contribution in [0.4, 0.5) is 11.4 Å². The second-order valence-electron chi connectivity index (χ2n) is 8.68. The second kappa shape index (κ2) is 15.8. The number of rotatable bonds is 17. The first-order chi connectivity index (χ1) is 14.8. The van der Waals surface area contributed by atoms with Crippen molar-refractivity contribution in [3.63, 3.8) is 0 Å². The molecule has 0 amide bonds. The average Bonchev–Trinajstić information content (AvgIpc) is 2.76. The van der Waals surface area contributed by atoms with Gasteiger partial charge in [0.05, 0.1) is 0 Å². The number of benzene rings is 2. The Kier molecular flexibility index (Phi) is 12.8. The van der Waals surface area contributed by atoms with E-state index in [1.54, 1.807) is 6.07 Å². The maximum absolute atomic E-state index is 9.89. The fourth-order valence-corrected chi connectivity index (χ4v) is 4.10. The van der Waals surface area contributed by atoms with Crippen molar-refractivity contribution < 1.29 is 5.11 Å². The van der Waals surface area contributed by atoms with Crippen LogP contribution in [0.1, 0.15) is 102 Å². The highest BCUT2D eigenvalue weighted by molar-refractivity contribution is 5.64. The summed E-state index contributed by atoms with van der Waals surface area (Å²) in [6, 6.07) is 15.9. The molecule has 2 aromatic carbocycles. The summed E-state index contributed by atoms with van der Waals surface area (Å²) in [5, 5.41) is 13.4. The second-order valence-corrected chi connectivity index (χ2v) is 8.68. The number of hydrogen-bond donors (Lipinski definition) is 2. The van der Waals surface area contributed by atoms with Crippen LogP contribution in [0.25, 0.3) is 0 Å². The number of hydrogen-bond acceptors (Lipinski definition) is 2. The van der Waals surface area contributed by atoms with Crippen molar-refractivity contribution in [2.45, 2.75) is 103 Å². The Bertz CT molecular complexity index is 668. The Hall–Kier alpha value is -1.96. The number of phenolic OH excluding ortho intramolecular Hbond substituents is 1. The van der Waals surface area contributed by atoms with Crippen molar-refractivity contribution in [3.05, 3.63) is 54.1 Å². The Balaban J connectivity index is 1.53. The standard InChI is InChI=1S/C28H43NO/c1-2-3-4-5-6-7-8-9-10-11-12-13-14-16-19-25-24-27(30)22-23-28(25)29-26-20-17-15-18-21-26/h15,17-18,20-24,29-30H,2-14,16,19H2,1H3. The van der Waals surface area contributed by atoms with E-state index in [0.717, 1.165) is 17.8 Å². The summed E-state index contributed by atoms with van der Waals surface area (Å²) in [7, 11) is 0. The molecule has 0 spiro atoms. The van der Waals surface area contributed by atoms with E-state index in [9.17, 15) is 5.11 Å². The zero-order valence-electron chi connectivity index (χ0n) is 19.2. The lowest BCUT2D eigenvalue weighted by molar-refractivity contribution is 0.474. The summed E-state index contributed by atoms with van der Waals surface area (Å²) >= 11 is 0. The van der Waals surface area contributed by atoms with Crippen molar-refractivity contribution in [1.82, 2.24) is 0 Å². The molecule has 0 aromatic heterocycles. The highest BCUT2D eigenvalue weighted by Crippen LogP contribution is 2.26. The predicted octanol–water partition coefficient (Wildman–Crippen LogP) is 9.16. The molecule has 0 aliphatic rings. The van der Waals surface area contributed by atoms with Crippen LogP contribution in [-0.2, 0) is 6.42 Å². The number of nitrogens with one attached hydrogen (secondary N) is 1. The molecule has 0 saturated carbocycles. The molecule has 0 heterocycles. The quantitative estimate of drug-likeness (QED) is 0.201. The van der Waals surface area contributed by atoms with Gasteiger partial charge in [-0.25, -0.2) is 0 Å². The number of anilines is 2. The molecule has 0 aliphatic heterocycles. The molecule has 2 rings (SSSR count). The van der Waals surface area contributed by atoms with Crippen LogP contribution < -0.4 is 5.32 Å². The van der Waals surface area contributed by atoms with Gasteiger partial charge in [-0.15, -0.1) is 0 Å². The molecule has 30 heavy (non-hydrogen) atoms. The van der Waals surface area contributed by atoms with Gasteiger partial charge < -0.3 is 10.4 Å². The van der Waals surface area contributed by atoms with E-state index in [-0.39, 0.29) is 0 Å². The number of phenols is 1. The molecule has 2 aromatic rings. The first-order valence-electron chi connectivity index (χ1n) is 12.4. The number of aromatic hydroxyl groups is 1. The van der Waals surface area contributed by atoms with E-state index >= 15 is 0 Å². The minimum atomic E-state index is 0.356. The lowest BCUT2D eigenvalue weighted by Gasteiger charge is -2.13. The molecule has 0 radical (unpaired) electrons. The van der Waals surface area contributed by atoms with Gasteiger partial charge in [0, 0.05) is 11.4 Å². The van der Waals surface area contributed by atoms with E-state index in [2.05, 4.69) is 24.4 Å². The molecule has 166 valence electrons. The van der Waals surface area contributed by atoms with Crippen LogP contribution in [0.3, 0.4) is 0 Å². The van der Waals surface area contributed by atoms with E-state index in [4.69, 9.17) is 0 Å². The topological polar surface area (TPSA) is 32.3 Å². The summed E-state index contributed by atoms with van der Waals surface area (Å²) < 4.78 is 0. The third kappa shape index (κ3) is 10.7. The summed E-state index contributed by atoms with van der Waals surface area (Å²) in [5.74, 6) is 0.356. The third-order valence-electron chi connectivity index (χ3n) is 5.94. The largest absolute Gasteiger partial charge is 0.508 e. The predicted molar refractivity (Wildman–Crippen MR) is 132 cm³/mol. The lowest BCUT2D eigenvalue weighted by atomic mass is 10.0. The van der Waals surface area contributed by atoms with Gasteiger partial charge in [-0.2, -0.15) is 0 Å². The van der Waals surface area contributed by atoms with Crippen LogP contribution in [0.5, 0.6) is 5.75 Å². The summed E-state index contributed by atoms with van der Waals surface area (Å²) in [5.41, 5.74) is 3.40. The van der Waals surface area contributed by atoms with Crippen molar-refractivity contribution >= 4 is 11.4 Å². The van der Waals surface area contributed by atoms with Crippen molar-refractivity contribution in [2.24, 2.45) is 0 Å². The number of aryl methyl sites for hydroxylation is 1. The normalized spacial score (nSPS) is 11.0. The smallest absolute Gasteiger partial charge is 0.116 e. The van der Waals surface area contributed by atoms with E-state index < -0.39 is 0 Å². The van der Waals surface area contributed by atoms with Crippen LogP contribution in [0.15, 0.2) is 48.5 Å². The molecule has 0 aliphatic carbocycles. The number of para-hydroxylation sites is 1. The summed E-state index contributed by atoms with van der Waals surface area (Å²) in [6.07, 6.45) is 20.3. The van der Waals surface area contributed by atoms with Crippen LogP contribution in [0, 0.1) is 0 Å². The molecule has 2 nitrogen and oxygen atoms in total. The van der Waals surface area contributed by atoms with Gasteiger partial charge in [0.2, 0.25) is 0 Å². The first-order valence-corrected chi connectivity index (χ1v) is 12.4. The van der Waals surface area contributed by atoms with Gasteiger partial charge in [-0.1, -0.05) is 109 Å². The third-order valence-corrected chi connectivity index (χ3v) is 5.94. The Morgan fingerprint density at radius 1 is 0.633 bits per heavy atom. The Labute approximate surface area is 185 Å². The molecule has 0 saturated heterocycles. The first kappa shape index (κ1) is 24.3. The molecule has 0 bridgehead atoms. The van der Waals surface area contributed by atoms with E-state index in [1.807, 2.05) is 30.3 Å². The van der Waals surface area contributed by atoms with Gasteiger partial charge in [0.25, 0.3) is 0 Å². The molecule has 0 atom stereocenters. The maximum Gasteiger partial charge on any atom is 0.116 e. The van der Waals surface area contributed by atoms with Gasteiger partial charge in [-0.3, -0.25) is 0 Å². The van der Waals surface area contributed by atoms with Gasteiger partial charge in [0.1, 0.15) is 5.75 Å². The monoisotopic (exact) mass is 409 g/mol. The molecular formula is C28H43NO. The van der Waals surface area contributed by atoms with Gasteiger partial charge >= 0.3 is 0 Å². The maximum atomic E-state index is 9.89. The zero-order chi connectivity index (χ0) is 21.3. The Morgan fingerprint density at radius 2 is 1.17 bits per heavy atom. The fraction of sp³-hybridized carbons (Fsp3) is 0.571. The minimum Gasteiger partial charge on any atom is -0.508 e. The highest BCUT2D eigenvalue weighted by Gasteiger charge is 2.05. The van der Waals surface area contributed by atoms with Crippen molar-refractivity contribution in [1.29, 1.82) is 0 Å². The Morgan fingerprint density at radius 3 is 1.73 bits per heavy atom. The van der Waals surface area contributed by atoms with Crippen LogP contribution in [-0.4, -0.2) is 5.11 Å². The number of unbranched alkanes of at least 4 members (excludes halogenated alkanes) is 13.